The summed E-state index contributed by atoms with van der Waals surface area (Å²) in [5, 5.41) is 1.49. The molecule has 2 heteroatoms. The molecule has 2 rings (SSSR count). The molecule has 0 radical (unpaired) electrons. The molecule has 0 atom stereocenters. The number of allylic oxidation sites excluding steroid dienone is 3. The van der Waals surface area contributed by atoms with Gasteiger partial charge in [-0.15, -0.1) is 11.6 Å². The molecule has 2 aromatic carbocycles. The standard InChI is InChI=1S/C20H23ClSi/c1-22(2,3)20-14-12-17(13-15-20)8-7-11-19(16-21)18-9-5-4-6-10-18/h4-15H,16H2,1-3H3. The zero-order chi connectivity index (χ0) is 16.0. The molecule has 0 fully saturated rings. The van der Waals surface area contributed by atoms with Gasteiger partial charge in [0.2, 0.25) is 0 Å². The minimum atomic E-state index is -1.21. The Kier molecular flexibility index (Phi) is 5.81. The van der Waals surface area contributed by atoms with Crippen LogP contribution in [0.25, 0.3) is 11.6 Å². The second kappa shape index (κ2) is 7.62. The van der Waals surface area contributed by atoms with E-state index in [2.05, 4.69) is 74.3 Å². The smallest absolute Gasteiger partial charge is 0.0775 e. The Labute approximate surface area is 140 Å². The van der Waals surface area contributed by atoms with Gasteiger partial charge in [-0.2, -0.15) is 0 Å². The summed E-state index contributed by atoms with van der Waals surface area (Å²) in [6.45, 7) is 7.10. The molecule has 0 aliphatic rings. The van der Waals surface area contributed by atoms with Crippen LogP contribution in [0.1, 0.15) is 11.1 Å². The highest BCUT2D eigenvalue weighted by molar-refractivity contribution is 6.88. The maximum atomic E-state index is 6.06. The Hall–Kier alpha value is -1.57. The fourth-order valence-electron chi connectivity index (χ4n) is 2.24. The third kappa shape index (κ3) is 4.72. The molecule has 0 aliphatic carbocycles. The van der Waals surface area contributed by atoms with Crippen LogP contribution in [0.4, 0.5) is 0 Å². The van der Waals surface area contributed by atoms with Gasteiger partial charge in [0.1, 0.15) is 0 Å². The molecule has 0 aliphatic heterocycles. The molecule has 0 unspecified atom stereocenters. The van der Waals surface area contributed by atoms with Crippen molar-refractivity contribution >= 4 is 36.5 Å². The largest absolute Gasteiger partial charge is 0.122 e. The molecule has 0 aromatic heterocycles. The molecule has 2 aromatic rings. The van der Waals surface area contributed by atoms with Gasteiger partial charge in [-0.25, -0.2) is 0 Å². The molecule has 0 bridgehead atoms. The predicted molar refractivity (Wildman–Crippen MR) is 104 cm³/mol. The van der Waals surface area contributed by atoms with E-state index in [-0.39, 0.29) is 0 Å². The monoisotopic (exact) mass is 326 g/mol. The number of benzene rings is 2. The van der Waals surface area contributed by atoms with E-state index >= 15 is 0 Å². The fourth-order valence-corrected chi connectivity index (χ4v) is 3.65. The Morgan fingerprint density at radius 3 is 2.14 bits per heavy atom. The number of alkyl halides is 1. The first-order valence-electron chi connectivity index (χ1n) is 7.60. The summed E-state index contributed by atoms with van der Waals surface area (Å²) in [5.74, 6) is 0.517. The molecule has 114 valence electrons. The molecule has 0 N–H and O–H groups in total. The van der Waals surface area contributed by atoms with Gasteiger partial charge in [-0.3, -0.25) is 0 Å². The highest BCUT2D eigenvalue weighted by atomic mass is 35.5. The topological polar surface area (TPSA) is 0 Å². The van der Waals surface area contributed by atoms with Gasteiger partial charge in [-0.1, -0.05) is 97.7 Å². The van der Waals surface area contributed by atoms with Gasteiger partial charge in [0.25, 0.3) is 0 Å². The third-order valence-corrected chi connectivity index (χ3v) is 6.00. The number of rotatable bonds is 5. The van der Waals surface area contributed by atoms with Gasteiger partial charge in [0.15, 0.2) is 0 Å². The summed E-state index contributed by atoms with van der Waals surface area (Å²) in [5.41, 5.74) is 3.54. The summed E-state index contributed by atoms with van der Waals surface area (Å²) < 4.78 is 0. The van der Waals surface area contributed by atoms with Crippen LogP contribution >= 0.6 is 11.6 Å². The van der Waals surface area contributed by atoms with Crippen LogP contribution in [0.3, 0.4) is 0 Å². The highest BCUT2D eigenvalue weighted by Crippen LogP contribution is 2.16. The van der Waals surface area contributed by atoms with E-state index in [1.54, 1.807) is 0 Å². The normalized spacial score (nSPS) is 12.8. The van der Waals surface area contributed by atoms with Gasteiger partial charge >= 0.3 is 0 Å². The number of halogens is 1. The van der Waals surface area contributed by atoms with Gasteiger partial charge in [0.05, 0.1) is 8.07 Å². The minimum absolute atomic E-state index is 0.517. The molecule has 0 amide bonds. The molecule has 22 heavy (non-hydrogen) atoms. The van der Waals surface area contributed by atoms with E-state index in [0.29, 0.717) is 5.88 Å². The van der Waals surface area contributed by atoms with E-state index in [1.165, 1.54) is 16.3 Å². The maximum Gasteiger partial charge on any atom is 0.0775 e. The quantitative estimate of drug-likeness (QED) is 0.383. The first-order chi connectivity index (χ1) is 10.5. The van der Waals surface area contributed by atoms with Crippen molar-refractivity contribution in [3.8, 4) is 0 Å². The van der Waals surface area contributed by atoms with Crippen molar-refractivity contribution in [2.24, 2.45) is 0 Å². The SMILES string of the molecule is C[Si](C)(C)c1ccc(C=CC=C(CCl)c2ccccc2)cc1. The van der Waals surface area contributed by atoms with E-state index in [9.17, 15) is 0 Å². The van der Waals surface area contributed by atoms with Gasteiger partial charge < -0.3 is 0 Å². The van der Waals surface area contributed by atoms with Gasteiger partial charge in [0, 0.05) is 5.88 Å². The number of hydrogen-bond acceptors (Lipinski definition) is 0. The third-order valence-electron chi connectivity index (χ3n) is 3.65. The van der Waals surface area contributed by atoms with E-state index in [0.717, 1.165) is 5.57 Å². The van der Waals surface area contributed by atoms with Crippen molar-refractivity contribution < 1.29 is 0 Å². The first-order valence-corrected chi connectivity index (χ1v) is 11.6. The second-order valence-corrected chi connectivity index (χ2v) is 11.8. The minimum Gasteiger partial charge on any atom is -0.122 e. The second-order valence-electron chi connectivity index (χ2n) is 6.42. The highest BCUT2D eigenvalue weighted by Gasteiger charge is 2.15. The van der Waals surface area contributed by atoms with Crippen molar-refractivity contribution in [1.29, 1.82) is 0 Å². The van der Waals surface area contributed by atoms with Crippen LogP contribution < -0.4 is 5.19 Å². The Bertz CT molecular complexity index is 646. The van der Waals surface area contributed by atoms with Crippen molar-refractivity contribution in [2.75, 3.05) is 5.88 Å². The van der Waals surface area contributed by atoms with Crippen LogP contribution in [-0.4, -0.2) is 14.0 Å². The van der Waals surface area contributed by atoms with E-state index < -0.39 is 8.07 Å². The van der Waals surface area contributed by atoms with Gasteiger partial charge in [-0.05, 0) is 16.7 Å². The maximum absolute atomic E-state index is 6.06. The summed E-state index contributed by atoms with van der Waals surface area (Å²) in [7, 11) is -1.21. The van der Waals surface area contributed by atoms with Crippen LogP contribution in [0.15, 0.2) is 66.7 Å². The van der Waals surface area contributed by atoms with Crippen molar-refractivity contribution in [1.82, 2.24) is 0 Å². The summed E-state index contributed by atoms with van der Waals surface area (Å²) >= 11 is 6.06. The molecular formula is C20H23ClSi. The van der Waals surface area contributed by atoms with Crippen LogP contribution in [0, 0.1) is 0 Å². The zero-order valence-electron chi connectivity index (χ0n) is 13.5. The predicted octanol–water partition coefficient (Wildman–Crippen LogP) is 5.57. The average molecular weight is 327 g/mol. The lowest BCUT2D eigenvalue weighted by Crippen LogP contribution is -2.37. The van der Waals surface area contributed by atoms with Crippen molar-refractivity contribution in [3.05, 3.63) is 77.9 Å². The van der Waals surface area contributed by atoms with Crippen LogP contribution in [-0.2, 0) is 0 Å². The van der Waals surface area contributed by atoms with Crippen LogP contribution in [0.2, 0.25) is 19.6 Å². The Morgan fingerprint density at radius 1 is 0.955 bits per heavy atom. The number of hydrogen-bond donors (Lipinski definition) is 0. The van der Waals surface area contributed by atoms with Crippen molar-refractivity contribution in [3.63, 3.8) is 0 Å². The zero-order valence-corrected chi connectivity index (χ0v) is 15.3. The Balaban J connectivity index is 2.12. The first kappa shape index (κ1) is 16.8. The molecular weight excluding hydrogens is 304 g/mol. The lowest BCUT2D eigenvalue weighted by molar-refractivity contribution is 1.57. The average Bonchev–Trinajstić information content (AvgIpc) is 2.52. The van der Waals surface area contributed by atoms with Crippen LogP contribution in [0.5, 0.6) is 0 Å². The summed E-state index contributed by atoms with van der Waals surface area (Å²) in [4.78, 5) is 0. The fraction of sp³-hybridized carbons (Fsp3) is 0.200. The molecule has 0 spiro atoms. The lowest BCUT2D eigenvalue weighted by atomic mass is 10.1. The van der Waals surface area contributed by atoms with E-state index in [1.807, 2.05) is 18.2 Å². The molecule has 0 saturated carbocycles. The summed E-state index contributed by atoms with van der Waals surface area (Å²) in [6, 6.07) is 19.2. The molecule has 0 heterocycles. The molecule has 0 saturated heterocycles. The van der Waals surface area contributed by atoms with E-state index in [4.69, 9.17) is 11.6 Å². The Morgan fingerprint density at radius 2 is 1.59 bits per heavy atom. The lowest BCUT2D eigenvalue weighted by Gasteiger charge is -2.16. The molecule has 0 nitrogen and oxygen atoms in total. The van der Waals surface area contributed by atoms with Crippen molar-refractivity contribution in [2.45, 2.75) is 19.6 Å². The summed E-state index contributed by atoms with van der Waals surface area (Å²) in [6.07, 6.45) is 6.30.